The van der Waals surface area contributed by atoms with Crippen molar-refractivity contribution >= 4 is 11.6 Å². The first kappa shape index (κ1) is 10.9. The zero-order valence-electron chi connectivity index (χ0n) is 8.21. The van der Waals surface area contributed by atoms with Gasteiger partial charge in [-0.15, -0.1) is 0 Å². The Labute approximate surface area is 89.6 Å². The third-order valence-electron chi connectivity index (χ3n) is 2.53. The molecule has 1 aliphatic heterocycles. The number of anilines is 1. The van der Waals surface area contributed by atoms with Gasteiger partial charge in [-0.05, 0) is 6.42 Å². The van der Waals surface area contributed by atoms with E-state index in [0.29, 0.717) is 6.42 Å². The summed E-state index contributed by atoms with van der Waals surface area (Å²) in [4.78, 5) is 12.6. The summed E-state index contributed by atoms with van der Waals surface area (Å²) in [5, 5.41) is 0. The van der Waals surface area contributed by atoms with Crippen molar-refractivity contribution in [1.29, 1.82) is 0 Å². The zero-order valence-corrected chi connectivity index (χ0v) is 8.21. The zero-order chi connectivity index (χ0) is 11.9. The van der Waals surface area contributed by atoms with Crippen LogP contribution < -0.4 is 10.6 Å². The first-order valence-electron chi connectivity index (χ1n) is 4.72. The first-order valence-corrected chi connectivity index (χ1v) is 4.72. The minimum atomic E-state index is -1.54. The lowest BCUT2D eigenvalue weighted by molar-refractivity contribution is -0.118. The van der Waals surface area contributed by atoms with Crippen molar-refractivity contribution in [2.75, 3.05) is 11.4 Å². The predicted octanol–water partition coefficient (Wildman–Crippen LogP) is 1.17. The molecule has 86 valence electrons. The molecule has 1 unspecified atom stereocenters. The Morgan fingerprint density at radius 2 is 1.81 bits per heavy atom. The van der Waals surface area contributed by atoms with Gasteiger partial charge in [0.15, 0.2) is 17.5 Å². The van der Waals surface area contributed by atoms with E-state index in [0.717, 1.165) is 17.0 Å². The average molecular weight is 230 g/mol. The Morgan fingerprint density at radius 1 is 1.25 bits per heavy atom. The van der Waals surface area contributed by atoms with Gasteiger partial charge in [0.25, 0.3) is 0 Å². The third kappa shape index (κ3) is 1.65. The molecule has 0 bridgehead atoms. The molecule has 16 heavy (non-hydrogen) atoms. The lowest BCUT2D eigenvalue weighted by Crippen LogP contribution is -2.34. The Kier molecular flexibility index (Phi) is 2.59. The van der Waals surface area contributed by atoms with Crippen LogP contribution in [0.2, 0.25) is 0 Å². The summed E-state index contributed by atoms with van der Waals surface area (Å²) in [6.45, 7) is 0.282. The standard InChI is InChI=1S/C10H9F3N2O/c11-6-3-5(4-7(12)9(6)13)15-2-1-8(14)10(15)16/h3-4,8H,1-2,14H2. The van der Waals surface area contributed by atoms with Crippen molar-refractivity contribution < 1.29 is 18.0 Å². The van der Waals surface area contributed by atoms with E-state index in [2.05, 4.69) is 0 Å². The average Bonchev–Trinajstić information content (AvgIpc) is 2.56. The molecule has 1 atom stereocenters. The van der Waals surface area contributed by atoms with Crippen molar-refractivity contribution in [3.63, 3.8) is 0 Å². The molecule has 1 heterocycles. The highest BCUT2D eigenvalue weighted by Crippen LogP contribution is 2.24. The minimum absolute atomic E-state index is 0.00523. The number of amides is 1. The molecular weight excluding hydrogens is 221 g/mol. The highest BCUT2D eigenvalue weighted by Gasteiger charge is 2.30. The summed E-state index contributed by atoms with van der Waals surface area (Å²) in [5.41, 5.74) is 5.45. The van der Waals surface area contributed by atoms with Gasteiger partial charge in [0.1, 0.15) is 0 Å². The molecule has 2 rings (SSSR count). The van der Waals surface area contributed by atoms with E-state index in [1.54, 1.807) is 0 Å². The van der Waals surface area contributed by atoms with E-state index in [1.165, 1.54) is 0 Å². The van der Waals surface area contributed by atoms with Gasteiger partial charge in [-0.25, -0.2) is 13.2 Å². The van der Waals surface area contributed by atoms with Crippen LogP contribution in [0, 0.1) is 17.5 Å². The van der Waals surface area contributed by atoms with Crippen LogP contribution in [0.25, 0.3) is 0 Å². The molecule has 1 aromatic carbocycles. The van der Waals surface area contributed by atoms with Gasteiger partial charge in [0.2, 0.25) is 5.91 Å². The number of carbonyl (C=O) groups is 1. The molecule has 0 radical (unpaired) electrons. The number of hydrogen-bond donors (Lipinski definition) is 1. The fourth-order valence-corrected chi connectivity index (χ4v) is 1.66. The van der Waals surface area contributed by atoms with E-state index < -0.39 is 29.4 Å². The van der Waals surface area contributed by atoms with Crippen LogP contribution in [-0.4, -0.2) is 18.5 Å². The number of hydrogen-bond acceptors (Lipinski definition) is 2. The van der Waals surface area contributed by atoms with Crippen molar-refractivity contribution in [2.45, 2.75) is 12.5 Å². The van der Waals surface area contributed by atoms with Crippen LogP contribution in [0.5, 0.6) is 0 Å². The second-order valence-electron chi connectivity index (χ2n) is 3.61. The Balaban J connectivity index is 2.39. The van der Waals surface area contributed by atoms with E-state index in [-0.39, 0.29) is 12.2 Å². The smallest absolute Gasteiger partial charge is 0.243 e. The molecule has 1 saturated heterocycles. The predicted molar refractivity (Wildman–Crippen MR) is 51.3 cm³/mol. The summed E-state index contributed by atoms with van der Waals surface area (Å²) in [6, 6.07) is 0.916. The molecule has 1 fully saturated rings. The maximum absolute atomic E-state index is 12.9. The number of nitrogens with two attached hydrogens (primary N) is 1. The van der Waals surface area contributed by atoms with Gasteiger partial charge in [-0.1, -0.05) is 0 Å². The van der Waals surface area contributed by atoms with E-state index >= 15 is 0 Å². The minimum Gasteiger partial charge on any atom is -0.320 e. The van der Waals surface area contributed by atoms with E-state index in [4.69, 9.17) is 5.73 Å². The molecule has 1 aromatic rings. The van der Waals surface area contributed by atoms with Crippen molar-refractivity contribution in [1.82, 2.24) is 0 Å². The summed E-state index contributed by atoms with van der Waals surface area (Å²) in [7, 11) is 0. The van der Waals surface area contributed by atoms with Gasteiger partial charge in [-0.3, -0.25) is 4.79 Å². The highest BCUT2D eigenvalue weighted by molar-refractivity contribution is 5.99. The van der Waals surface area contributed by atoms with E-state index in [1.807, 2.05) is 0 Å². The lowest BCUT2D eigenvalue weighted by Gasteiger charge is -2.16. The van der Waals surface area contributed by atoms with Crippen molar-refractivity contribution in [3.05, 3.63) is 29.6 Å². The largest absolute Gasteiger partial charge is 0.320 e. The van der Waals surface area contributed by atoms with Crippen LogP contribution in [0.15, 0.2) is 12.1 Å². The highest BCUT2D eigenvalue weighted by atomic mass is 19.2. The van der Waals surface area contributed by atoms with Gasteiger partial charge >= 0.3 is 0 Å². The van der Waals surface area contributed by atoms with Crippen LogP contribution in [0.3, 0.4) is 0 Å². The molecule has 6 heteroatoms. The van der Waals surface area contributed by atoms with Crippen LogP contribution >= 0.6 is 0 Å². The fraction of sp³-hybridized carbons (Fsp3) is 0.300. The van der Waals surface area contributed by atoms with Gasteiger partial charge in [0.05, 0.1) is 6.04 Å². The molecule has 0 saturated carbocycles. The number of rotatable bonds is 1. The summed E-state index contributed by atoms with van der Waals surface area (Å²) in [6.07, 6.45) is 0.416. The monoisotopic (exact) mass is 230 g/mol. The second kappa shape index (κ2) is 3.79. The second-order valence-corrected chi connectivity index (χ2v) is 3.61. The Bertz CT molecular complexity index is 427. The molecule has 1 amide bonds. The molecule has 0 spiro atoms. The van der Waals surface area contributed by atoms with Gasteiger partial charge in [-0.2, -0.15) is 0 Å². The summed E-state index contributed by atoms with van der Waals surface area (Å²) >= 11 is 0. The fourth-order valence-electron chi connectivity index (χ4n) is 1.66. The first-order chi connectivity index (χ1) is 7.50. The SMILES string of the molecule is NC1CCN(c2cc(F)c(F)c(F)c2)C1=O. The molecule has 2 N–H and O–H groups in total. The van der Waals surface area contributed by atoms with Crippen LogP contribution in [0.1, 0.15) is 6.42 Å². The number of carbonyl (C=O) groups excluding carboxylic acids is 1. The summed E-state index contributed by atoms with van der Waals surface area (Å²) in [5.74, 6) is -4.59. The van der Waals surface area contributed by atoms with Crippen LogP contribution in [0.4, 0.5) is 18.9 Å². The van der Waals surface area contributed by atoms with Crippen LogP contribution in [-0.2, 0) is 4.79 Å². The number of benzene rings is 1. The molecule has 0 aliphatic carbocycles. The quantitative estimate of drug-likeness (QED) is 0.736. The molecule has 0 aromatic heterocycles. The number of nitrogens with zero attached hydrogens (tertiary/aromatic N) is 1. The Morgan fingerprint density at radius 3 is 2.25 bits per heavy atom. The number of halogens is 3. The van der Waals surface area contributed by atoms with E-state index in [9.17, 15) is 18.0 Å². The van der Waals surface area contributed by atoms with Gasteiger partial charge in [0, 0.05) is 24.4 Å². The third-order valence-corrected chi connectivity index (χ3v) is 2.53. The van der Waals surface area contributed by atoms with Crippen molar-refractivity contribution in [2.24, 2.45) is 5.73 Å². The van der Waals surface area contributed by atoms with Gasteiger partial charge < -0.3 is 10.6 Å². The topological polar surface area (TPSA) is 46.3 Å². The maximum Gasteiger partial charge on any atom is 0.243 e. The molecule has 3 nitrogen and oxygen atoms in total. The normalized spacial score (nSPS) is 20.6. The Hall–Kier alpha value is -1.56. The van der Waals surface area contributed by atoms with Crippen molar-refractivity contribution in [3.8, 4) is 0 Å². The lowest BCUT2D eigenvalue weighted by atomic mass is 10.2. The molecular formula is C10H9F3N2O. The molecule has 1 aliphatic rings. The maximum atomic E-state index is 12.9. The summed E-state index contributed by atoms with van der Waals surface area (Å²) < 4.78 is 38.6.